The lowest BCUT2D eigenvalue weighted by Crippen LogP contribution is -2.48. The molecule has 4 rings (SSSR count). The van der Waals surface area contributed by atoms with E-state index in [0.717, 1.165) is 55.5 Å². The Morgan fingerprint density at radius 2 is 1.86 bits per heavy atom. The number of aromatic nitrogens is 1. The van der Waals surface area contributed by atoms with E-state index in [1.807, 2.05) is 0 Å². The molecule has 1 N–H and O–H groups in total. The van der Waals surface area contributed by atoms with Crippen LogP contribution in [-0.2, 0) is 17.6 Å². The Bertz CT molecular complexity index is 835. The van der Waals surface area contributed by atoms with Crippen LogP contribution in [0.15, 0.2) is 24.3 Å². The van der Waals surface area contributed by atoms with Gasteiger partial charge < -0.3 is 10.2 Å². The van der Waals surface area contributed by atoms with Crippen molar-refractivity contribution in [3.8, 4) is 0 Å². The van der Waals surface area contributed by atoms with Crippen LogP contribution in [0.4, 0.5) is 16.5 Å². The molecule has 8 nitrogen and oxygen atoms in total. The van der Waals surface area contributed by atoms with Gasteiger partial charge in [0.2, 0.25) is 5.91 Å². The molecule has 1 aliphatic carbocycles. The first-order chi connectivity index (χ1) is 13.6. The number of amides is 1. The van der Waals surface area contributed by atoms with Crippen molar-refractivity contribution >= 4 is 33.8 Å². The smallest absolute Gasteiger partial charge is 0.269 e. The monoisotopic (exact) mass is 401 g/mol. The quantitative estimate of drug-likeness (QED) is 0.612. The second kappa shape index (κ2) is 8.24. The van der Waals surface area contributed by atoms with Crippen LogP contribution in [0.2, 0.25) is 0 Å². The molecule has 2 aromatic rings. The van der Waals surface area contributed by atoms with Crippen LogP contribution in [0.3, 0.4) is 0 Å². The summed E-state index contributed by atoms with van der Waals surface area (Å²) in [5.74, 6) is -0.0186. The predicted octanol–water partition coefficient (Wildman–Crippen LogP) is 2.69. The van der Waals surface area contributed by atoms with Crippen molar-refractivity contribution in [1.29, 1.82) is 0 Å². The Hall–Kier alpha value is -2.52. The molecule has 1 aromatic carbocycles. The number of benzene rings is 1. The highest BCUT2D eigenvalue weighted by Gasteiger charge is 2.21. The second-order valence-corrected chi connectivity index (χ2v) is 8.26. The summed E-state index contributed by atoms with van der Waals surface area (Å²) >= 11 is 1.61. The minimum absolute atomic E-state index is 0.0186. The molecule has 148 valence electrons. The molecule has 0 atom stereocenters. The van der Waals surface area contributed by atoms with Gasteiger partial charge in [-0.3, -0.25) is 19.8 Å². The Labute approximate surface area is 167 Å². The maximum Gasteiger partial charge on any atom is 0.269 e. The zero-order valence-corrected chi connectivity index (χ0v) is 16.4. The van der Waals surface area contributed by atoms with E-state index in [1.54, 1.807) is 23.5 Å². The SMILES string of the molecule is O=C(CN1CCN(c2ccc([N+](=O)[O-])cc2)CC1)Nc1nc2c(s1)CCCC2. The van der Waals surface area contributed by atoms with Crippen molar-refractivity contribution in [3.05, 3.63) is 45.0 Å². The van der Waals surface area contributed by atoms with Crippen LogP contribution in [0.25, 0.3) is 0 Å². The minimum atomic E-state index is -0.390. The van der Waals surface area contributed by atoms with Crippen LogP contribution >= 0.6 is 11.3 Å². The van der Waals surface area contributed by atoms with Crippen molar-refractivity contribution < 1.29 is 9.72 Å². The van der Waals surface area contributed by atoms with Gasteiger partial charge in [0.1, 0.15) is 0 Å². The molecule has 1 aromatic heterocycles. The van der Waals surface area contributed by atoms with Crippen LogP contribution in [0, 0.1) is 10.1 Å². The molecule has 1 fully saturated rings. The molecule has 1 amide bonds. The third-order valence-corrected chi connectivity index (χ3v) is 6.33. The van der Waals surface area contributed by atoms with Crippen LogP contribution in [0.5, 0.6) is 0 Å². The summed E-state index contributed by atoms with van der Waals surface area (Å²) in [6.07, 6.45) is 4.49. The van der Waals surface area contributed by atoms with E-state index in [4.69, 9.17) is 0 Å². The van der Waals surface area contributed by atoms with Crippen LogP contribution in [-0.4, -0.2) is 53.4 Å². The molecule has 0 unspecified atom stereocenters. The molecule has 0 saturated carbocycles. The fourth-order valence-corrected chi connectivity index (χ4v) is 4.78. The molecule has 28 heavy (non-hydrogen) atoms. The number of hydrogen-bond donors (Lipinski definition) is 1. The number of thiazole rings is 1. The normalized spacial score (nSPS) is 17.2. The van der Waals surface area contributed by atoms with Gasteiger partial charge in [0, 0.05) is 48.9 Å². The zero-order chi connectivity index (χ0) is 19.5. The fraction of sp³-hybridized carbons (Fsp3) is 0.474. The average Bonchev–Trinajstić information content (AvgIpc) is 3.10. The van der Waals surface area contributed by atoms with E-state index in [0.29, 0.717) is 6.54 Å². The highest BCUT2D eigenvalue weighted by Crippen LogP contribution is 2.29. The number of nitrogens with zero attached hydrogens (tertiary/aromatic N) is 4. The second-order valence-electron chi connectivity index (χ2n) is 7.18. The van der Waals surface area contributed by atoms with Crippen LogP contribution < -0.4 is 10.2 Å². The van der Waals surface area contributed by atoms with Gasteiger partial charge in [0.05, 0.1) is 17.2 Å². The van der Waals surface area contributed by atoms with Gasteiger partial charge in [0.25, 0.3) is 5.69 Å². The number of piperazine rings is 1. The van der Waals surface area contributed by atoms with E-state index in [-0.39, 0.29) is 16.5 Å². The van der Waals surface area contributed by atoms with Crippen molar-refractivity contribution in [2.45, 2.75) is 25.7 Å². The number of rotatable bonds is 5. The van der Waals surface area contributed by atoms with Gasteiger partial charge in [-0.1, -0.05) is 0 Å². The van der Waals surface area contributed by atoms with Gasteiger partial charge in [-0.05, 0) is 37.8 Å². The predicted molar refractivity (Wildman–Crippen MR) is 109 cm³/mol. The molecular weight excluding hydrogens is 378 g/mol. The standard InChI is InChI=1S/C19H23N5O3S/c25-18(21-19-20-16-3-1-2-4-17(16)28-19)13-22-9-11-23(12-10-22)14-5-7-15(8-6-14)24(26)27/h5-8H,1-4,9-13H2,(H,20,21,25). The minimum Gasteiger partial charge on any atom is -0.369 e. The number of carbonyl (C=O) groups is 1. The van der Waals surface area contributed by atoms with Crippen molar-refractivity contribution in [3.63, 3.8) is 0 Å². The molecule has 2 heterocycles. The number of non-ortho nitro benzene ring substituents is 1. The first-order valence-corrected chi connectivity index (χ1v) is 10.4. The fourth-order valence-electron chi connectivity index (χ4n) is 3.72. The van der Waals surface area contributed by atoms with Gasteiger partial charge in [-0.15, -0.1) is 11.3 Å². The highest BCUT2D eigenvalue weighted by atomic mass is 32.1. The molecule has 9 heteroatoms. The molecule has 2 aliphatic rings. The first-order valence-electron chi connectivity index (χ1n) is 9.59. The summed E-state index contributed by atoms with van der Waals surface area (Å²) in [7, 11) is 0. The Morgan fingerprint density at radius 3 is 2.54 bits per heavy atom. The number of aryl methyl sites for hydroxylation is 2. The van der Waals surface area contributed by atoms with Crippen molar-refractivity contribution in [2.75, 3.05) is 42.9 Å². The van der Waals surface area contributed by atoms with E-state index in [2.05, 4.69) is 20.1 Å². The molecule has 1 saturated heterocycles. The first kappa shape index (κ1) is 18.8. The largest absolute Gasteiger partial charge is 0.369 e. The number of carbonyl (C=O) groups excluding carboxylic acids is 1. The summed E-state index contributed by atoms with van der Waals surface area (Å²) in [4.78, 5) is 33.0. The van der Waals surface area contributed by atoms with E-state index < -0.39 is 0 Å². The Kier molecular flexibility index (Phi) is 5.54. The Morgan fingerprint density at radius 1 is 1.14 bits per heavy atom. The summed E-state index contributed by atoms with van der Waals surface area (Å²) in [6, 6.07) is 6.63. The third kappa shape index (κ3) is 4.31. The number of anilines is 2. The lowest BCUT2D eigenvalue weighted by molar-refractivity contribution is -0.384. The number of nitro groups is 1. The van der Waals surface area contributed by atoms with Gasteiger partial charge in [-0.2, -0.15) is 0 Å². The zero-order valence-electron chi connectivity index (χ0n) is 15.6. The number of hydrogen-bond acceptors (Lipinski definition) is 7. The van der Waals surface area contributed by atoms with Crippen molar-refractivity contribution in [2.24, 2.45) is 0 Å². The van der Waals surface area contributed by atoms with Crippen LogP contribution in [0.1, 0.15) is 23.4 Å². The van der Waals surface area contributed by atoms with E-state index >= 15 is 0 Å². The van der Waals surface area contributed by atoms with Gasteiger partial charge in [-0.25, -0.2) is 4.98 Å². The van der Waals surface area contributed by atoms with Gasteiger partial charge in [0.15, 0.2) is 5.13 Å². The van der Waals surface area contributed by atoms with Crippen molar-refractivity contribution in [1.82, 2.24) is 9.88 Å². The summed E-state index contributed by atoms with van der Waals surface area (Å²) in [6.45, 7) is 3.49. The lowest BCUT2D eigenvalue weighted by Gasteiger charge is -2.35. The highest BCUT2D eigenvalue weighted by molar-refractivity contribution is 7.15. The maximum atomic E-state index is 12.4. The Balaban J connectivity index is 1.26. The van der Waals surface area contributed by atoms with E-state index in [1.165, 1.54) is 29.9 Å². The van der Waals surface area contributed by atoms with Gasteiger partial charge >= 0.3 is 0 Å². The summed E-state index contributed by atoms with van der Waals surface area (Å²) in [5.41, 5.74) is 2.23. The molecular formula is C19H23N5O3S. The number of nitro benzene ring substituents is 1. The average molecular weight is 401 g/mol. The summed E-state index contributed by atoms with van der Waals surface area (Å²) in [5, 5.41) is 14.4. The third-order valence-electron chi connectivity index (χ3n) is 5.26. The molecule has 0 radical (unpaired) electrons. The summed E-state index contributed by atoms with van der Waals surface area (Å²) < 4.78 is 0. The number of nitrogens with one attached hydrogen (secondary N) is 1. The topological polar surface area (TPSA) is 91.6 Å². The maximum absolute atomic E-state index is 12.4. The molecule has 0 bridgehead atoms. The molecule has 1 aliphatic heterocycles. The molecule has 0 spiro atoms. The number of fused-ring (bicyclic) bond motifs is 1. The lowest BCUT2D eigenvalue weighted by atomic mass is 10.0. The van der Waals surface area contributed by atoms with E-state index in [9.17, 15) is 14.9 Å².